The smallest absolute Gasteiger partial charge is 0.429 e. The van der Waals surface area contributed by atoms with E-state index in [-0.39, 0.29) is 5.56 Å². The van der Waals surface area contributed by atoms with E-state index in [9.17, 15) is 18.0 Å². The van der Waals surface area contributed by atoms with Crippen LogP contribution in [-0.2, 0) is 9.53 Å². The van der Waals surface area contributed by atoms with Crippen LogP contribution in [0.15, 0.2) is 24.4 Å². The maximum atomic E-state index is 13.0. The summed E-state index contributed by atoms with van der Waals surface area (Å²) in [6, 6.07) is 5.13. The Bertz CT molecular complexity index is 616. The van der Waals surface area contributed by atoms with Gasteiger partial charge in [0, 0.05) is 29.6 Å². The number of esters is 1. The SMILES string of the molecule is CC(=O)O[C@@H](c1c[nH]c2cccc(C)c12)C(F)(F)F. The van der Waals surface area contributed by atoms with Gasteiger partial charge in [0.05, 0.1) is 0 Å². The third kappa shape index (κ3) is 2.57. The van der Waals surface area contributed by atoms with Gasteiger partial charge >= 0.3 is 12.1 Å². The van der Waals surface area contributed by atoms with E-state index < -0.39 is 18.2 Å². The number of ether oxygens (including phenoxy) is 1. The monoisotopic (exact) mass is 271 g/mol. The van der Waals surface area contributed by atoms with E-state index in [2.05, 4.69) is 9.72 Å². The van der Waals surface area contributed by atoms with Gasteiger partial charge in [-0.15, -0.1) is 0 Å². The lowest BCUT2D eigenvalue weighted by molar-refractivity contribution is -0.222. The Morgan fingerprint density at radius 3 is 2.63 bits per heavy atom. The van der Waals surface area contributed by atoms with Crippen molar-refractivity contribution in [2.24, 2.45) is 0 Å². The highest BCUT2D eigenvalue weighted by molar-refractivity contribution is 5.87. The van der Waals surface area contributed by atoms with E-state index in [0.29, 0.717) is 16.5 Å². The van der Waals surface area contributed by atoms with Crippen molar-refractivity contribution in [1.82, 2.24) is 4.98 Å². The van der Waals surface area contributed by atoms with Crippen LogP contribution in [0, 0.1) is 6.92 Å². The van der Waals surface area contributed by atoms with Gasteiger partial charge in [-0.05, 0) is 18.6 Å². The van der Waals surface area contributed by atoms with Crippen LogP contribution >= 0.6 is 0 Å². The first-order valence-electron chi connectivity index (χ1n) is 5.61. The van der Waals surface area contributed by atoms with Crippen molar-refractivity contribution >= 4 is 16.9 Å². The third-order valence-electron chi connectivity index (χ3n) is 2.81. The molecule has 0 aliphatic heterocycles. The first kappa shape index (κ1) is 13.5. The van der Waals surface area contributed by atoms with E-state index in [4.69, 9.17) is 0 Å². The fourth-order valence-electron chi connectivity index (χ4n) is 2.08. The number of benzene rings is 1. The molecule has 0 radical (unpaired) electrons. The van der Waals surface area contributed by atoms with E-state index >= 15 is 0 Å². The second kappa shape index (κ2) is 4.60. The maximum absolute atomic E-state index is 13.0. The van der Waals surface area contributed by atoms with Crippen LogP contribution in [0.1, 0.15) is 24.2 Å². The van der Waals surface area contributed by atoms with E-state index in [1.807, 2.05) is 0 Å². The molecule has 2 aromatic rings. The number of carbonyl (C=O) groups is 1. The number of aromatic nitrogens is 1. The summed E-state index contributed by atoms with van der Waals surface area (Å²) in [6.45, 7) is 2.67. The van der Waals surface area contributed by atoms with Crippen molar-refractivity contribution in [2.75, 3.05) is 0 Å². The van der Waals surface area contributed by atoms with Crippen LogP contribution in [0.25, 0.3) is 10.9 Å². The fourth-order valence-corrected chi connectivity index (χ4v) is 2.08. The minimum absolute atomic E-state index is 0.0733. The summed E-state index contributed by atoms with van der Waals surface area (Å²) in [7, 11) is 0. The van der Waals surface area contributed by atoms with Gasteiger partial charge in [0.1, 0.15) is 0 Å². The zero-order valence-electron chi connectivity index (χ0n) is 10.3. The Hall–Kier alpha value is -1.98. The average molecular weight is 271 g/mol. The number of alkyl halides is 3. The molecule has 6 heteroatoms. The molecule has 19 heavy (non-hydrogen) atoms. The van der Waals surface area contributed by atoms with Crippen molar-refractivity contribution in [3.05, 3.63) is 35.5 Å². The quantitative estimate of drug-likeness (QED) is 0.847. The van der Waals surface area contributed by atoms with Crippen molar-refractivity contribution in [3.63, 3.8) is 0 Å². The molecule has 0 unspecified atom stereocenters. The second-order valence-electron chi connectivity index (χ2n) is 4.27. The van der Waals surface area contributed by atoms with Gasteiger partial charge in [-0.1, -0.05) is 12.1 Å². The number of H-pyrrole nitrogens is 1. The molecule has 1 N–H and O–H groups in total. The lowest BCUT2D eigenvalue weighted by Crippen LogP contribution is -2.25. The van der Waals surface area contributed by atoms with Gasteiger partial charge in [-0.25, -0.2) is 0 Å². The number of aromatic amines is 1. The van der Waals surface area contributed by atoms with E-state index in [0.717, 1.165) is 6.92 Å². The standard InChI is InChI=1S/C13H12F3NO2/c1-7-4-3-5-10-11(7)9(6-17-10)12(13(14,15)16)19-8(2)18/h3-6,12,17H,1-2H3/t12-/m0/s1. The minimum Gasteiger partial charge on any atom is -0.448 e. The zero-order valence-corrected chi connectivity index (χ0v) is 10.3. The molecule has 0 bridgehead atoms. The van der Waals surface area contributed by atoms with E-state index in [1.54, 1.807) is 25.1 Å². The lowest BCUT2D eigenvalue weighted by atomic mass is 10.0. The Morgan fingerprint density at radius 2 is 2.05 bits per heavy atom. The van der Waals surface area contributed by atoms with Crippen molar-refractivity contribution < 1.29 is 22.7 Å². The van der Waals surface area contributed by atoms with Crippen LogP contribution in [0.3, 0.4) is 0 Å². The Balaban J connectivity index is 2.59. The highest BCUT2D eigenvalue weighted by Gasteiger charge is 2.45. The highest BCUT2D eigenvalue weighted by atomic mass is 19.4. The summed E-state index contributed by atoms with van der Waals surface area (Å²) in [6.07, 6.45) is -5.66. The van der Waals surface area contributed by atoms with E-state index in [1.165, 1.54) is 6.20 Å². The molecule has 0 amide bonds. The van der Waals surface area contributed by atoms with Crippen LogP contribution in [0.5, 0.6) is 0 Å². The molecule has 3 nitrogen and oxygen atoms in total. The zero-order chi connectivity index (χ0) is 14.2. The number of nitrogens with one attached hydrogen (secondary N) is 1. The van der Waals surface area contributed by atoms with Gasteiger partial charge in [0.2, 0.25) is 6.10 Å². The Labute approximate surface area is 107 Å². The number of aryl methyl sites for hydroxylation is 1. The summed E-state index contributed by atoms with van der Waals surface area (Å²) >= 11 is 0. The molecule has 0 saturated carbocycles. The van der Waals surface area contributed by atoms with Crippen LogP contribution in [0.4, 0.5) is 13.2 Å². The van der Waals surface area contributed by atoms with Gasteiger partial charge in [-0.3, -0.25) is 4.79 Å². The summed E-state index contributed by atoms with van der Waals surface area (Å²) < 4.78 is 43.5. The summed E-state index contributed by atoms with van der Waals surface area (Å²) in [5.74, 6) is -0.967. The molecule has 102 valence electrons. The predicted octanol–water partition coefficient (Wildman–Crippen LogP) is 3.64. The van der Waals surface area contributed by atoms with Crippen molar-refractivity contribution in [1.29, 1.82) is 0 Å². The van der Waals surface area contributed by atoms with Gasteiger partial charge in [0.25, 0.3) is 0 Å². The largest absolute Gasteiger partial charge is 0.448 e. The number of fused-ring (bicyclic) bond motifs is 1. The molecular formula is C13H12F3NO2. The molecule has 0 saturated heterocycles. The van der Waals surface area contributed by atoms with Crippen molar-refractivity contribution in [2.45, 2.75) is 26.1 Å². The second-order valence-corrected chi connectivity index (χ2v) is 4.27. The highest BCUT2D eigenvalue weighted by Crippen LogP contribution is 2.39. The molecule has 1 atom stereocenters. The topological polar surface area (TPSA) is 42.1 Å². The van der Waals surface area contributed by atoms with Gasteiger partial charge < -0.3 is 9.72 Å². The first-order valence-corrected chi connectivity index (χ1v) is 5.61. The normalized spacial score (nSPS) is 13.5. The number of carbonyl (C=O) groups excluding carboxylic acids is 1. The van der Waals surface area contributed by atoms with Crippen LogP contribution < -0.4 is 0 Å². The number of rotatable bonds is 2. The predicted molar refractivity (Wildman–Crippen MR) is 63.6 cm³/mol. The van der Waals surface area contributed by atoms with Gasteiger partial charge in [0.15, 0.2) is 0 Å². The van der Waals surface area contributed by atoms with Crippen LogP contribution in [0.2, 0.25) is 0 Å². The van der Waals surface area contributed by atoms with Crippen molar-refractivity contribution in [3.8, 4) is 0 Å². The van der Waals surface area contributed by atoms with Gasteiger partial charge in [-0.2, -0.15) is 13.2 Å². The molecule has 2 rings (SSSR count). The minimum atomic E-state index is -4.65. The van der Waals surface area contributed by atoms with Crippen LogP contribution in [-0.4, -0.2) is 17.1 Å². The Kier molecular flexibility index (Phi) is 3.26. The molecule has 1 heterocycles. The number of hydrogen-bond donors (Lipinski definition) is 1. The average Bonchev–Trinajstić information content (AvgIpc) is 2.69. The number of hydrogen-bond acceptors (Lipinski definition) is 2. The fraction of sp³-hybridized carbons (Fsp3) is 0.308. The first-order chi connectivity index (χ1) is 8.80. The summed E-state index contributed by atoms with van der Waals surface area (Å²) in [4.78, 5) is 13.6. The lowest BCUT2D eigenvalue weighted by Gasteiger charge is -2.20. The molecular weight excluding hydrogens is 259 g/mol. The maximum Gasteiger partial charge on any atom is 0.429 e. The third-order valence-corrected chi connectivity index (χ3v) is 2.81. The molecule has 0 fully saturated rings. The molecule has 0 aliphatic carbocycles. The molecule has 1 aromatic carbocycles. The molecule has 1 aromatic heterocycles. The molecule has 0 aliphatic rings. The summed E-state index contributed by atoms with van der Waals surface area (Å²) in [5, 5.41) is 0.436. The summed E-state index contributed by atoms with van der Waals surface area (Å²) in [5.41, 5.74) is 1.20. The number of halogens is 3. The molecule has 0 spiro atoms. The Morgan fingerprint density at radius 1 is 1.37 bits per heavy atom.